The first kappa shape index (κ1) is 12.1. The number of rotatable bonds is 2. The summed E-state index contributed by atoms with van der Waals surface area (Å²) in [4.78, 5) is 26.3. The van der Waals surface area contributed by atoms with Gasteiger partial charge in [0.05, 0.1) is 10.6 Å². The number of carbonyl (C=O) groups is 2. The van der Waals surface area contributed by atoms with Gasteiger partial charge in [0.1, 0.15) is 6.33 Å². The second-order valence-electron chi connectivity index (χ2n) is 3.40. The predicted octanol–water partition coefficient (Wildman–Crippen LogP) is 2.31. The molecule has 2 rings (SSSR count). The van der Waals surface area contributed by atoms with Gasteiger partial charge in [-0.1, -0.05) is 11.6 Å². The van der Waals surface area contributed by atoms with E-state index in [1.54, 1.807) is 0 Å². The number of nitrogens with one attached hydrogen (secondary N) is 1. The van der Waals surface area contributed by atoms with Crippen LogP contribution in [0.15, 0.2) is 36.9 Å². The lowest BCUT2D eigenvalue weighted by molar-refractivity contribution is 0.0697. The number of aromatic nitrogens is 2. The Bertz CT molecular complexity index is 596. The van der Waals surface area contributed by atoms with Crippen LogP contribution in [0.25, 0.3) is 0 Å². The number of amides is 1. The van der Waals surface area contributed by atoms with E-state index in [1.807, 2.05) is 0 Å². The Morgan fingerprint density at radius 2 is 2.17 bits per heavy atom. The fourth-order valence-corrected chi connectivity index (χ4v) is 1.53. The molecule has 0 atom stereocenters. The fraction of sp³-hybridized carbons (Fsp3) is 0. The Labute approximate surface area is 107 Å². The van der Waals surface area contributed by atoms with Gasteiger partial charge in [-0.05, 0) is 18.2 Å². The third-order valence-corrected chi connectivity index (χ3v) is 2.52. The van der Waals surface area contributed by atoms with E-state index >= 15 is 0 Å². The van der Waals surface area contributed by atoms with Gasteiger partial charge in [0, 0.05) is 18.1 Å². The fourth-order valence-electron chi connectivity index (χ4n) is 1.33. The first-order valence-corrected chi connectivity index (χ1v) is 5.28. The van der Waals surface area contributed by atoms with Crippen LogP contribution in [-0.4, -0.2) is 26.7 Å². The van der Waals surface area contributed by atoms with Crippen LogP contribution in [0.4, 0.5) is 10.5 Å². The lowest BCUT2D eigenvalue weighted by Crippen LogP contribution is -2.18. The predicted molar refractivity (Wildman–Crippen MR) is 65.1 cm³/mol. The van der Waals surface area contributed by atoms with Crippen molar-refractivity contribution in [2.24, 2.45) is 0 Å². The zero-order valence-electron chi connectivity index (χ0n) is 9.00. The lowest BCUT2D eigenvalue weighted by atomic mass is 10.2. The van der Waals surface area contributed by atoms with Gasteiger partial charge < -0.3 is 10.4 Å². The van der Waals surface area contributed by atoms with Crippen LogP contribution >= 0.6 is 11.6 Å². The van der Waals surface area contributed by atoms with Crippen LogP contribution in [0.1, 0.15) is 10.4 Å². The van der Waals surface area contributed by atoms with E-state index in [9.17, 15) is 9.59 Å². The maximum absolute atomic E-state index is 11.7. The number of carboxylic acids is 1. The molecule has 0 aliphatic carbocycles. The molecule has 1 aromatic heterocycles. The van der Waals surface area contributed by atoms with E-state index in [2.05, 4.69) is 10.3 Å². The van der Waals surface area contributed by atoms with E-state index < -0.39 is 12.0 Å². The van der Waals surface area contributed by atoms with Gasteiger partial charge in [-0.3, -0.25) is 4.57 Å². The minimum absolute atomic E-state index is 0.0694. The van der Waals surface area contributed by atoms with Crippen LogP contribution in [0.3, 0.4) is 0 Å². The van der Waals surface area contributed by atoms with Crippen molar-refractivity contribution in [2.75, 3.05) is 5.32 Å². The first-order valence-electron chi connectivity index (χ1n) is 4.90. The average molecular weight is 266 g/mol. The molecule has 7 heteroatoms. The monoisotopic (exact) mass is 265 g/mol. The van der Waals surface area contributed by atoms with Gasteiger partial charge in [0.15, 0.2) is 0 Å². The van der Waals surface area contributed by atoms with Crippen molar-refractivity contribution in [3.05, 3.63) is 47.5 Å². The van der Waals surface area contributed by atoms with Gasteiger partial charge in [0.2, 0.25) is 0 Å². The topological polar surface area (TPSA) is 84.2 Å². The second kappa shape index (κ2) is 4.89. The van der Waals surface area contributed by atoms with Crippen molar-refractivity contribution in [2.45, 2.75) is 0 Å². The summed E-state index contributed by atoms with van der Waals surface area (Å²) in [5.41, 5.74) is 0.274. The number of carbonyl (C=O) groups excluding carboxylic acids is 1. The van der Waals surface area contributed by atoms with Crippen molar-refractivity contribution in [1.29, 1.82) is 0 Å². The molecule has 6 nitrogen and oxygen atoms in total. The summed E-state index contributed by atoms with van der Waals surface area (Å²) in [5, 5.41) is 11.5. The van der Waals surface area contributed by atoms with E-state index in [4.69, 9.17) is 16.7 Å². The van der Waals surface area contributed by atoms with Crippen LogP contribution in [0.5, 0.6) is 0 Å². The zero-order chi connectivity index (χ0) is 13.1. The third-order valence-electron chi connectivity index (χ3n) is 2.19. The standard InChI is InChI=1S/C11H8ClN3O3/c12-9-2-1-7(5-8(9)10(16)17)14-11(18)15-4-3-13-6-15/h1-6H,(H,14,18)(H,16,17). The molecule has 18 heavy (non-hydrogen) atoms. The molecule has 0 unspecified atom stereocenters. The summed E-state index contributed by atoms with van der Waals surface area (Å²) in [6.07, 6.45) is 4.27. The Kier molecular flexibility index (Phi) is 3.29. The highest BCUT2D eigenvalue weighted by Crippen LogP contribution is 2.20. The molecule has 2 aromatic rings. The largest absolute Gasteiger partial charge is 0.478 e. The summed E-state index contributed by atoms with van der Waals surface area (Å²) in [7, 11) is 0. The quantitative estimate of drug-likeness (QED) is 0.873. The zero-order valence-corrected chi connectivity index (χ0v) is 9.76. The van der Waals surface area contributed by atoms with Gasteiger partial charge in [-0.25, -0.2) is 14.6 Å². The molecule has 1 heterocycles. The molecule has 0 radical (unpaired) electrons. The smallest absolute Gasteiger partial charge is 0.337 e. The maximum Gasteiger partial charge on any atom is 0.337 e. The van der Waals surface area contributed by atoms with Crippen LogP contribution in [0, 0.1) is 0 Å². The molecule has 0 fully saturated rings. The minimum atomic E-state index is -1.15. The number of aromatic carboxylic acids is 1. The number of hydrogen-bond acceptors (Lipinski definition) is 3. The van der Waals surface area contributed by atoms with Gasteiger partial charge in [-0.2, -0.15) is 0 Å². The van der Waals surface area contributed by atoms with E-state index in [1.165, 1.54) is 41.5 Å². The average Bonchev–Trinajstić information content (AvgIpc) is 2.85. The van der Waals surface area contributed by atoms with E-state index in [0.29, 0.717) is 5.69 Å². The molecule has 1 amide bonds. The third kappa shape index (κ3) is 2.49. The van der Waals surface area contributed by atoms with Crippen molar-refractivity contribution >= 4 is 29.3 Å². The molecule has 0 aliphatic heterocycles. The number of benzene rings is 1. The highest BCUT2D eigenvalue weighted by atomic mass is 35.5. The summed E-state index contributed by atoms with van der Waals surface area (Å²) in [6, 6.07) is 3.78. The minimum Gasteiger partial charge on any atom is -0.478 e. The maximum atomic E-state index is 11.7. The highest BCUT2D eigenvalue weighted by molar-refractivity contribution is 6.33. The molecule has 0 bridgehead atoms. The number of nitrogens with zero attached hydrogens (tertiary/aromatic N) is 2. The Hall–Kier alpha value is -2.34. The number of imidazole rings is 1. The number of carboxylic acid groups (broad SMARTS) is 1. The summed E-state index contributed by atoms with van der Waals surface area (Å²) >= 11 is 5.72. The summed E-state index contributed by atoms with van der Waals surface area (Å²) in [5.74, 6) is -1.15. The van der Waals surface area contributed by atoms with E-state index in [0.717, 1.165) is 0 Å². The number of hydrogen-bond donors (Lipinski definition) is 2. The molecule has 1 aromatic carbocycles. The normalized spacial score (nSPS) is 10.1. The van der Waals surface area contributed by atoms with Crippen molar-refractivity contribution in [3.8, 4) is 0 Å². The molecule has 92 valence electrons. The van der Waals surface area contributed by atoms with Gasteiger partial charge >= 0.3 is 12.0 Å². The summed E-state index contributed by atoms with van der Waals surface area (Å²) in [6.45, 7) is 0. The van der Waals surface area contributed by atoms with Crippen LogP contribution in [-0.2, 0) is 0 Å². The Morgan fingerprint density at radius 1 is 1.39 bits per heavy atom. The van der Waals surface area contributed by atoms with Crippen molar-refractivity contribution < 1.29 is 14.7 Å². The van der Waals surface area contributed by atoms with Crippen LogP contribution < -0.4 is 5.32 Å². The molecular formula is C11H8ClN3O3. The van der Waals surface area contributed by atoms with Gasteiger partial charge in [0.25, 0.3) is 0 Å². The molecular weight excluding hydrogens is 258 g/mol. The highest BCUT2D eigenvalue weighted by Gasteiger charge is 2.11. The Balaban J connectivity index is 2.22. The molecule has 2 N–H and O–H groups in total. The molecule has 0 saturated carbocycles. The van der Waals surface area contributed by atoms with Gasteiger partial charge in [-0.15, -0.1) is 0 Å². The van der Waals surface area contributed by atoms with Crippen LogP contribution in [0.2, 0.25) is 5.02 Å². The van der Waals surface area contributed by atoms with E-state index in [-0.39, 0.29) is 10.6 Å². The first-order chi connectivity index (χ1) is 8.58. The van der Waals surface area contributed by atoms with Crippen molar-refractivity contribution in [3.63, 3.8) is 0 Å². The lowest BCUT2D eigenvalue weighted by Gasteiger charge is -2.07. The van der Waals surface area contributed by atoms with Crippen molar-refractivity contribution in [1.82, 2.24) is 9.55 Å². The molecule has 0 spiro atoms. The second-order valence-corrected chi connectivity index (χ2v) is 3.81. The number of anilines is 1. The Morgan fingerprint density at radius 3 is 2.78 bits per heavy atom. The molecule has 0 aliphatic rings. The SMILES string of the molecule is O=C(O)c1cc(NC(=O)n2ccnc2)ccc1Cl. The number of halogens is 1. The molecule has 0 saturated heterocycles. The summed E-state index contributed by atoms with van der Waals surface area (Å²) < 4.78 is 1.23.